The van der Waals surface area contributed by atoms with Gasteiger partial charge in [-0.2, -0.15) is 0 Å². The molecule has 23 heavy (non-hydrogen) atoms. The molecule has 1 aromatic carbocycles. The maximum Gasteiger partial charge on any atom is 0.340 e. The molecule has 0 aliphatic heterocycles. The second-order valence-electron chi connectivity index (χ2n) is 4.99. The highest BCUT2D eigenvalue weighted by atomic mass is 79.9. The zero-order valence-electron chi connectivity index (χ0n) is 13.2. The molecule has 0 radical (unpaired) electrons. The molecule has 122 valence electrons. The number of halogens is 1. The van der Waals surface area contributed by atoms with Gasteiger partial charge in [0, 0.05) is 5.69 Å². The van der Waals surface area contributed by atoms with Gasteiger partial charge in [-0.15, -0.1) is 0 Å². The Bertz CT molecular complexity index is 736. The van der Waals surface area contributed by atoms with Crippen LogP contribution in [0.4, 0.5) is 0 Å². The third kappa shape index (κ3) is 3.82. The number of para-hydroxylation sites is 1. The molecule has 0 amide bonds. The number of benzene rings is 1. The van der Waals surface area contributed by atoms with Crippen molar-refractivity contribution in [2.75, 3.05) is 13.2 Å². The van der Waals surface area contributed by atoms with Crippen LogP contribution >= 0.6 is 15.9 Å². The minimum absolute atomic E-state index is 0.119. The molecule has 2 aromatic rings. The highest BCUT2D eigenvalue weighted by Crippen LogP contribution is 2.24. The second-order valence-corrected chi connectivity index (χ2v) is 5.84. The van der Waals surface area contributed by atoms with Crippen LogP contribution in [-0.2, 0) is 4.74 Å². The highest BCUT2D eigenvalue weighted by molar-refractivity contribution is 9.10. The van der Waals surface area contributed by atoms with E-state index in [2.05, 4.69) is 20.9 Å². The molecule has 0 fully saturated rings. The Labute approximate surface area is 143 Å². The third-order valence-electron chi connectivity index (χ3n) is 3.39. The maximum absolute atomic E-state index is 12.4. The van der Waals surface area contributed by atoms with E-state index in [1.165, 1.54) is 0 Å². The molecule has 1 heterocycles. The summed E-state index contributed by atoms with van der Waals surface area (Å²) in [6, 6.07) is 7.30. The minimum atomic E-state index is -0.426. The molecular weight excluding hydrogens is 362 g/mol. The van der Waals surface area contributed by atoms with Crippen molar-refractivity contribution in [3.8, 4) is 5.75 Å². The molecule has 2 rings (SSSR count). The standard InChI is InChI=1S/C17H18BrNO4/c1-4-22-17(21)15-10(2)16(19-11(15)3)13(20)9-23-14-8-6-5-7-12(14)18/h5-8,19H,4,9H2,1-3H3. The van der Waals surface area contributed by atoms with E-state index in [0.29, 0.717) is 28.3 Å². The predicted molar refractivity (Wildman–Crippen MR) is 90.2 cm³/mol. The number of esters is 1. The average Bonchev–Trinajstić information content (AvgIpc) is 2.81. The number of aromatic nitrogens is 1. The van der Waals surface area contributed by atoms with Gasteiger partial charge in [0.2, 0.25) is 5.78 Å². The van der Waals surface area contributed by atoms with Crippen LogP contribution in [0, 0.1) is 13.8 Å². The van der Waals surface area contributed by atoms with Crippen molar-refractivity contribution in [3.63, 3.8) is 0 Å². The van der Waals surface area contributed by atoms with Crippen LogP contribution in [0.2, 0.25) is 0 Å². The topological polar surface area (TPSA) is 68.4 Å². The van der Waals surface area contributed by atoms with Gasteiger partial charge in [-0.3, -0.25) is 4.79 Å². The van der Waals surface area contributed by atoms with E-state index in [0.717, 1.165) is 4.47 Å². The van der Waals surface area contributed by atoms with Gasteiger partial charge in [-0.05, 0) is 54.4 Å². The summed E-state index contributed by atoms with van der Waals surface area (Å²) in [7, 11) is 0. The van der Waals surface area contributed by atoms with E-state index < -0.39 is 5.97 Å². The van der Waals surface area contributed by atoms with Crippen molar-refractivity contribution >= 4 is 27.7 Å². The minimum Gasteiger partial charge on any atom is -0.484 e. The van der Waals surface area contributed by atoms with Gasteiger partial charge in [-0.1, -0.05) is 12.1 Å². The summed E-state index contributed by atoms with van der Waals surface area (Å²) in [4.78, 5) is 27.3. The summed E-state index contributed by atoms with van der Waals surface area (Å²) >= 11 is 3.36. The van der Waals surface area contributed by atoms with Gasteiger partial charge < -0.3 is 14.5 Å². The number of nitrogens with one attached hydrogen (secondary N) is 1. The fourth-order valence-corrected chi connectivity index (χ4v) is 2.71. The van der Waals surface area contributed by atoms with E-state index in [1.807, 2.05) is 18.2 Å². The molecule has 0 unspecified atom stereocenters. The molecule has 0 atom stereocenters. The highest BCUT2D eigenvalue weighted by Gasteiger charge is 2.23. The molecule has 0 aliphatic carbocycles. The first-order chi connectivity index (χ1) is 11.0. The number of aryl methyl sites for hydroxylation is 1. The Morgan fingerprint density at radius 1 is 1.22 bits per heavy atom. The number of Topliss-reactive ketones (excluding diaryl/α,β-unsaturated/α-hetero) is 1. The number of aromatic amines is 1. The Morgan fingerprint density at radius 2 is 1.91 bits per heavy atom. The Hall–Kier alpha value is -2.08. The molecule has 5 nitrogen and oxygen atoms in total. The fraction of sp³-hybridized carbons (Fsp3) is 0.294. The summed E-state index contributed by atoms with van der Waals surface area (Å²) in [6.07, 6.45) is 0. The molecule has 1 aromatic heterocycles. The van der Waals surface area contributed by atoms with Crippen molar-refractivity contribution in [2.45, 2.75) is 20.8 Å². The lowest BCUT2D eigenvalue weighted by Crippen LogP contribution is -2.14. The third-order valence-corrected chi connectivity index (χ3v) is 4.05. The Balaban J connectivity index is 2.16. The van der Waals surface area contributed by atoms with Gasteiger partial charge in [0.1, 0.15) is 5.75 Å². The van der Waals surface area contributed by atoms with Crippen molar-refractivity contribution in [1.29, 1.82) is 0 Å². The zero-order chi connectivity index (χ0) is 17.0. The van der Waals surface area contributed by atoms with Crippen molar-refractivity contribution in [3.05, 3.63) is 51.3 Å². The second kappa shape index (κ2) is 7.46. The summed E-state index contributed by atoms with van der Waals surface area (Å²) in [6.45, 7) is 5.38. The van der Waals surface area contributed by atoms with Crippen LogP contribution < -0.4 is 4.74 Å². The normalized spacial score (nSPS) is 10.4. The SMILES string of the molecule is CCOC(=O)c1c(C)[nH]c(C(=O)COc2ccccc2Br)c1C. The van der Waals surface area contributed by atoms with E-state index in [1.54, 1.807) is 26.8 Å². The molecular formula is C17H18BrNO4. The number of ether oxygens (including phenoxy) is 2. The van der Waals surface area contributed by atoms with Crippen LogP contribution in [-0.4, -0.2) is 30.0 Å². The van der Waals surface area contributed by atoms with Gasteiger partial charge in [-0.25, -0.2) is 4.79 Å². The van der Waals surface area contributed by atoms with E-state index in [4.69, 9.17) is 9.47 Å². The molecule has 0 saturated carbocycles. The van der Waals surface area contributed by atoms with Crippen LogP contribution in [0.15, 0.2) is 28.7 Å². The number of carbonyl (C=O) groups is 2. The predicted octanol–water partition coefficient (Wildman–Crippen LogP) is 3.83. The summed E-state index contributed by atoms with van der Waals surface area (Å²) in [5, 5.41) is 0. The van der Waals surface area contributed by atoms with Crippen LogP contribution in [0.1, 0.15) is 39.0 Å². The van der Waals surface area contributed by atoms with E-state index in [-0.39, 0.29) is 19.0 Å². The lowest BCUT2D eigenvalue weighted by molar-refractivity contribution is 0.0525. The van der Waals surface area contributed by atoms with Crippen molar-refractivity contribution < 1.29 is 19.1 Å². The van der Waals surface area contributed by atoms with Crippen LogP contribution in [0.5, 0.6) is 5.75 Å². The van der Waals surface area contributed by atoms with Gasteiger partial charge >= 0.3 is 5.97 Å². The Kier molecular flexibility index (Phi) is 5.60. The molecule has 0 bridgehead atoms. The van der Waals surface area contributed by atoms with E-state index >= 15 is 0 Å². The summed E-state index contributed by atoms with van der Waals surface area (Å²) in [5.74, 6) is -0.0613. The summed E-state index contributed by atoms with van der Waals surface area (Å²) in [5.41, 5.74) is 1.99. The number of carbonyl (C=O) groups excluding carboxylic acids is 2. The molecule has 0 saturated heterocycles. The number of rotatable bonds is 6. The van der Waals surface area contributed by atoms with Gasteiger partial charge in [0.15, 0.2) is 6.61 Å². The zero-order valence-corrected chi connectivity index (χ0v) is 14.8. The van der Waals surface area contributed by atoms with Crippen molar-refractivity contribution in [1.82, 2.24) is 4.98 Å². The lowest BCUT2D eigenvalue weighted by atomic mass is 10.1. The molecule has 6 heteroatoms. The number of ketones is 1. The maximum atomic E-state index is 12.4. The fourth-order valence-electron chi connectivity index (χ4n) is 2.32. The first kappa shape index (κ1) is 17.3. The van der Waals surface area contributed by atoms with Gasteiger partial charge in [0.05, 0.1) is 22.3 Å². The van der Waals surface area contributed by atoms with E-state index in [9.17, 15) is 9.59 Å². The molecule has 0 aliphatic rings. The molecule has 0 spiro atoms. The lowest BCUT2D eigenvalue weighted by Gasteiger charge is -2.07. The summed E-state index contributed by atoms with van der Waals surface area (Å²) < 4.78 is 11.3. The largest absolute Gasteiger partial charge is 0.484 e. The number of hydrogen-bond acceptors (Lipinski definition) is 4. The molecule has 1 N–H and O–H groups in total. The first-order valence-corrected chi connectivity index (χ1v) is 8.01. The smallest absolute Gasteiger partial charge is 0.340 e. The van der Waals surface area contributed by atoms with Crippen molar-refractivity contribution in [2.24, 2.45) is 0 Å². The number of hydrogen-bond donors (Lipinski definition) is 1. The van der Waals surface area contributed by atoms with Gasteiger partial charge in [0.25, 0.3) is 0 Å². The average molecular weight is 380 g/mol. The number of H-pyrrole nitrogens is 1. The quantitative estimate of drug-likeness (QED) is 0.611. The Morgan fingerprint density at radius 3 is 2.57 bits per heavy atom. The monoisotopic (exact) mass is 379 g/mol. The first-order valence-electron chi connectivity index (χ1n) is 7.22. The van der Waals surface area contributed by atoms with Crippen LogP contribution in [0.3, 0.4) is 0 Å². The van der Waals surface area contributed by atoms with Crippen LogP contribution in [0.25, 0.3) is 0 Å².